The van der Waals surface area contributed by atoms with Crippen molar-refractivity contribution in [2.45, 2.75) is 13.0 Å². The zero-order valence-electron chi connectivity index (χ0n) is 7.74. The minimum atomic E-state index is -0.504. The van der Waals surface area contributed by atoms with Crippen molar-refractivity contribution in [2.24, 2.45) is 0 Å². The third-order valence-corrected chi connectivity index (χ3v) is 3.01. The van der Waals surface area contributed by atoms with Gasteiger partial charge in [0.1, 0.15) is 27.3 Å². The van der Waals surface area contributed by atoms with E-state index in [9.17, 15) is 4.79 Å². The fourth-order valence-corrected chi connectivity index (χ4v) is 2.27. The Hall–Kier alpha value is -1.36. The number of halogens is 1. The van der Waals surface area contributed by atoms with Gasteiger partial charge in [-0.1, -0.05) is 0 Å². The number of nitriles is 1. The summed E-state index contributed by atoms with van der Waals surface area (Å²) >= 11 is 1.92. The monoisotopic (exact) mass is 315 g/mol. The molecule has 0 saturated carbocycles. The van der Waals surface area contributed by atoms with Gasteiger partial charge >= 0.3 is 5.97 Å². The molecule has 1 aromatic heterocycles. The largest absolute Gasteiger partial charge is 0.454 e. The third-order valence-electron chi connectivity index (χ3n) is 2.23. The Morgan fingerprint density at radius 1 is 1.67 bits per heavy atom. The van der Waals surface area contributed by atoms with Crippen LogP contribution in [0.15, 0.2) is 0 Å². The maximum absolute atomic E-state index is 11.4. The van der Waals surface area contributed by atoms with Crippen LogP contribution in [0.3, 0.4) is 0 Å². The summed E-state index contributed by atoms with van der Waals surface area (Å²) in [6, 6.07) is 2.02. The Morgan fingerprint density at radius 3 is 2.93 bits per heavy atom. The number of cyclic esters (lactones) is 1. The summed E-state index contributed by atoms with van der Waals surface area (Å²) in [7, 11) is 0. The van der Waals surface area contributed by atoms with Crippen LogP contribution in [0.25, 0.3) is 0 Å². The van der Waals surface area contributed by atoms with Crippen molar-refractivity contribution in [3.63, 3.8) is 0 Å². The zero-order chi connectivity index (χ0) is 11.2. The Kier molecular flexibility index (Phi) is 2.26. The summed E-state index contributed by atoms with van der Waals surface area (Å²) in [5.74, 6) is -0.377. The summed E-state index contributed by atoms with van der Waals surface area (Å²) in [5, 5.41) is 8.98. The number of fused-ring (bicyclic) bond motifs is 1. The molecule has 15 heavy (non-hydrogen) atoms. The van der Waals surface area contributed by atoms with E-state index >= 15 is 0 Å². The second kappa shape index (κ2) is 3.34. The Morgan fingerprint density at radius 2 is 2.33 bits per heavy atom. The van der Waals surface area contributed by atoms with E-state index < -0.39 is 12.1 Å². The summed E-state index contributed by atoms with van der Waals surface area (Å²) in [6.45, 7) is 1.71. The molecule has 0 fully saturated rings. The van der Waals surface area contributed by atoms with Crippen LogP contribution in [-0.2, 0) is 4.74 Å². The number of carbonyl (C=O) groups excluding carboxylic acids is 1. The second-order valence-corrected chi connectivity index (χ2v) is 4.13. The molecule has 6 heteroatoms. The molecule has 2 N–H and O–H groups in total. The van der Waals surface area contributed by atoms with Gasteiger partial charge in [-0.25, -0.2) is 9.78 Å². The van der Waals surface area contributed by atoms with Gasteiger partial charge in [-0.2, -0.15) is 5.26 Å². The van der Waals surface area contributed by atoms with Gasteiger partial charge in [0.2, 0.25) is 0 Å². The number of carbonyl (C=O) groups is 1. The van der Waals surface area contributed by atoms with Crippen LogP contribution in [0.5, 0.6) is 0 Å². The number of esters is 1. The normalized spacial score (nSPS) is 18.2. The summed E-state index contributed by atoms with van der Waals surface area (Å²) in [6.07, 6.45) is -0.430. The van der Waals surface area contributed by atoms with E-state index in [-0.39, 0.29) is 11.4 Å². The van der Waals surface area contributed by atoms with Gasteiger partial charge in [-0.05, 0) is 29.5 Å². The molecular weight excluding hydrogens is 309 g/mol. The van der Waals surface area contributed by atoms with Gasteiger partial charge < -0.3 is 10.5 Å². The lowest BCUT2D eigenvalue weighted by atomic mass is 10.0. The SMILES string of the molecule is CC1OC(=O)c2c(N)nc(I)c(C#N)c21. The van der Waals surface area contributed by atoms with Gasteiger partial charge in [0, 0.05) is 5.56 Å². The number of nitrogens with zero attached hydrogens (tertiary/aromatic N) is 2. The smallest absolute Gasteiger partial charge is 0.342 e. The summed E-state index contributed by atoms with van der Waals surface area (Å²) < 4.78 is 5.49. The lowest BCUT2D eigenvalue weighted by Crippen LogP contribution is -2.06. The molecule has 0 spiro atoms. The molecular formula is C9H6IN3O2. The lowest BCUT2D eigenvalue weighted by Gasteiger charge is -2.06. The third kappa shape index (κ3) is 1.34. The first-order chi connectivity index (χ1) is 7.06. The molecule has 2 rings (SSSR count). The average Bonchev–Trinajstić information content (AvgIpc) is 2.43. The van der Waals surface area contributed by atoms with E-state index in [2.05, 4.69) is 4.98 Å². The zero-order valence-corrected chi connectivity index (χ0v) is 9.90. The quantitative estimate of drug-likeness (QED) is 0.444. The number of pyridine rings is 1. The van der Waals surface area contributed by atoms with Gasteiger partial charge in [-0.15, -0.1) is 0 Å². The topological polar surface area (TPSA) is 89.0 Å². The molecule has 0 radical (unpaired) electrons. The van der Waals surface area contributed by atoms with Crippen molar-refractivity contribution in [1.29, 1.82) is 5.26 Å². The minimum absolute atomic E-state index is 0.128. The molecule has 0 saturated heterocycles. The number of hydrogen-bond acceptors (Lipinski definition) is 5. The second-order valence-electron chi connectivity index (χ2n) is 3.11. The fraction of sp³-hybridized carbons (Fsp3) is 0.222. The van der Waals surface area contributed by atoms with Crippen LogP contribution < -0.4 is 5.73 Å². The van der Waals surface area contributed by atoms with E-state index in [1.807, 2.05) is 28.7 Å². The van der Waals surface area contributed by atoms with Crippen molar-refractivity contribution in [3.05, 3.63) is 20.4 Å². The molecule has 1 atom stereocenters. The van der Waals surface area contributed by atoms with Crippen molar-refractivity contribution in [1.82, 2.24) is 4.98 Å². The molecule has 0 aromatic carbocycles. The Bertz CT molecular complexity index is 507. The first-order valence-electron chi connectivity index (χ1n) is 4.16. The van der Waals surface area contributed by atoms with Gasteiger partial charge in [0.05, 0.1) is 5.56 Å². The number of hydrogen-bond donors (Lipinski definition) is 1. The Balaban J connectivity index is 2.84. The molecule has 2 heterocycles. The first-order valence-corrected chi connectivity index (χ1v) is 5.24. The number of anilines is 1. The number of ether oxygens (including phenoxy) is 1. The van der Waals surface area contributed by atoms with Crippen LogP contribution in [-0.4, -0.2) is 11.0 Å². The molecule has 1 aliphatic heterocycles. The highest BCUT2D eigenvalue weighted by Gasteiger charge is 2.34. The number of aromatic nitrogens is 1. The predicted molar refractivity (Wildman–Crippen MR) is 59.9 cm³/mol. The molecule has 1 aliphatic rings. The Labute approximate surface area is 99.4 Å². The van der Waals surface area contributed by atoms with Crippen LogP contribution in [0, 0.1) is 15.0 Å². The van der Waals surface area contributed by atoms with Gasteiger partial charge in [0.25, 0.3) is 0 Å². The molecule has 0 aliphatic carbocycles. The van der Waals surface area contributed by atoms with E-state index in [0.717, 1.165) is 0 Å². The van der Waals surface area contributed by atoms with E-state index in [4.69, 9.17) is 15.7 Å². The van der Waals surface area contributed by atoms with Crippen molar-refractivity contribution >= 4 is 34.4 Å². The summed E-state index contributed by atoms with van der Waals surface area (Å²) in [5.41, 5.74) is 6.79. The standard InChI is InChI=1S/C9H6IN3O2/c1-3-5-4(2-11)7(10)13-8(12)6(5)9(14)15-3/h3H,1H3,(H2,12,13). The first kappa shape index (κ1) is 10.2. The highest BCUT2D eigenvalue weighted by Crippen LogP contribution is 2.36. The molecule has 76 valence electrons. The number of rotatable bonds is 0. The maximum atomic E-state index is 11.4. The van der Waals surface area contributed by atoms with Crippen molar-refractivity contribution in [3.8, 4) is 6.07 Å². The highest BCUT2D eigenvalue weighted by atomic mass is 127. The number of nitrogen functional groups attached to an aromatic ring is 1. The lowest BCUT2D eigenvalue weighted by molar-refractivity contribution is 0.0422. The van der Waals surface area contributed by atoms with E-state index in [1.54, 1.807) is 6.92 Å². The average molecular weight is 315 g/mol. The number of nitrogens with two attached hydrogens (primary N) is 1. The van der Waals surface area contributed by atoms with Crippen molar-refractivity contribution in [2.75, 3.05) is 5.73 Å². The molecule has 0 amide bonds. The fourth-order valence-electron chi connectivity index (χ4n) is 1.60. The van der Waals surface area contributed by atoms with Crippen LogP contribution in [0.4, 0.5) is 5.82 Å². The van der Waals surface area contributed by atoms with Gasteiger partial charge in [0.15, 0.2) is 0 Å². The molecule has 0 bridgehead atoms. The predicted octanol–water partition coefficient (Wildman–Crippen LogP) is 1.37. The van der Waals surface area contributed by atoms with E-state index in [1.165, 1.54) is 0 Å². The van der Waals surface area contributed by atoms with Crippen LogP contribution in [0.1, 0.15) is 34.5 Å². The van der Waals surface area contributed by atoms with Crippen molar-refractivity contribution < 1.29 is 9.53 Å². The molecule has 5 nitrogen and oxygen atoms in total. The van der Waals surface area contributed by atoms with Crippen LogP contribution in [0.2, 0.25) is 0 Å². The summed E-state index contributed by atoms with van der Waals surface area (Å²) in [4.78, 5) is 15.4. The maximum Gasteiger partial charge on any atom is 0.342 e. The molecule has 1 unspecified atom stereocenters. The minimum Gasteiger partial charge on any atom is -0.454 e. The molecule has 1 aromatic rings. The highest BCUT2D eigenvalue weighted by molar-refractivity contribution is 14.1. The van der Waals surface area contributed by atoms with E-state index in [0.29, 0.717) is 14.8 Å². The van der Waals surface area contributed by atoms with Gasteiger partial charge in [-0.3, -0.25) is 0 Å². The van der Waals surface area contributed by atoms with Crippen LogP contribution >= 0.6 is 22.6 Å².